The standard InChI is InChI=1S/C33H37N3O3/c1-6-22(3)29(32(37)34-19-20-39-5)36-31(24-11-7-8-12-25(24)33(36)38)28-26-13-9-10-14-27(26)35(4)30(28)23-17-15-21(2)16-18-23/h7-18,22,29,31H,6,19-20H2,1-5H3,(H,34,37). The largest absolute Gasteiger partial charge is 0.383 e. The highest BCUT2D eigenvalue weighted by Gasteiger charge is 2.47. The quantitative estimate of drug-likeness (QED) is 0.279. The van der Waals surface area contributed by atoms with E-state index in [0.29, 0.717) is 18.7 Å². The number of nitrogens with one attached hydrogen (secondary N) is 1. The number of fused-ring (bicyclic) bond motifs is 2. The number of aryl methyl sites for hydroxylation is 2. The predicted octanol–water partition coefficient (Wildman–Crippen LogP) is 5.88. The molecule has 2 amide bonds. The molecule has 1 N–H and O–H groups in total. The first kappa shape index (κ1) is 26.7. The molecule has 3 aromatic carbocycles. The van der Waals surface area contributed by atoms with Crippen molar-refractivity contribution in [2.24, 2.45) is 13.0 Å². The Kier molecular flexibility index (Phi) is 7.58. The van der Waals surface area contributed by atoms with Crippen molar-refractivity contribution >= 4 is 22.7 Å². The minimum absolute atomic E-state index is 0.0499. The van der Waals surface area contributed by atoms with Gasteiger partial charge in [-0.15, -0.1) is 0 Å². The Morgan fingerprint density at radius 2 is 1.72 bits per heavy atom. The average Bonchev–Trinajstić information content (AvgIpc) is 3.40. The number of amides is 2. The fraction of sp³-hybridized carbons (Fsp3) is 0.333. The molecule has 0 radical (unpaired) electrons. The zero-order chi connectivity index (χ0) is 27.7. The molecule has 4 aromatic rings. The predicted molar refractivity (Wildman–Crippen MR) is 156 cm³/mol. The number of hydrogen-bond donors (Lipinski definition) is 1. The van der Waals surface area contributed by atoms with Crippen LogP contribution in [0.15, 0.2) is 72.8 Å². The van der Waals surface area contributed by atoms with E-state index in [2.05, 4.69) is 74.1 Å². The molecule has 1 aliphatic rings. The maximum Gasteiger partial charge on any atom is 0.255 e. The average molecular weight is 524 g/mol. The molecule has 0 saturated carbocycles. The zero-order valence-corrected chi connectivity index (χ0v) is 23.4. The van der Waals surface area contributed by atoms with Crippen LogP contribution in [0.1, 0.15) is 53.4 Å². The van der Waals surface area contributed by atoms with E-state index in [-0.39, 0.29) is 17.7 Å². The molecule has 3 unspecified atom stereocenters. The van der Waals surface area contributed by atoms with E-state index in [1.165, 1.54) is 5.56 Å². The van der Waals surface area contributed by atoms with Crippen LogP contribution in [0.5, 0.6) is 0 Å². The maximum atomic E-state index is 14.2. The second kappa shape index (κ2) is 11.1. The Morgan fingerprint density at radius 3 is 2.44 bits per heavy atom. The minimum atomic E-state index is -0.637. The van der Waals surface area contributed by atoms with E-state index in [9.17, 15) is 9.59 Å². The summed E-state index contributed by atoms with van der Waals surface area (Å²) in [6.07, 6.45) is 0.759. The fourth-order valence-electron chi connectivity index (χ4n) is 5.94. The molecule has 0 saturated heterocycles. The third-order valence-electron chi connectivity index (χ3n) is 8.10. The van der Waals surface area contributed by atoms with Crippen molar-refractivity contribution in [1.82, 2.24) is 14.8 Å². The number of aromatic nitrogens is 1. The number of benzene rings is 3. The van der Waals surface area contributed by atoms with Gasteiger partial charge in [0.1, 0.15) is 6.04 Å². The lowest BCUT2D eigenvalue weighted by Gasteiger charge is -2.36. The van der Waals surface area contributed by atoms with Gasteiger partial charge in [-0.2, -0.15) is 0 Å². The molecule has 1 aliphatic heterocycles. The zero-order valence-electron chi connectivity index (χ0n) is 23.4. The Labute approximate surface area is 230 Å². The van der Waals surface area contributed by atoms with E-state index in [4.69, 9.17) is 4.74 Å². The summed E-state index contributed by atoms with van der Waals surface area (Å²) in [4.78, 5) is 29.8. The minimum Gasteiger partial charge on any atom is -0.383 e. The Morgan fingerprint density at radius 1 is 1.03 bits per heavy atom. The smallest absolute Gasteiger partial charge is 0.255 e. The van der Waals surface area contributed by atoms with E-state index in [1.807, 2.05) is 41.3 Å². The lowest BCUT2D eigenvalue weighted by molar-refractivity contribution is -0.128. The highest BCUT2D eigenvalue weighted by molar-refractivity contribution is 6.04. The van der Waals surface area contributed by atoms with E-state index >= 15 is 0 Å². The third-order valence-corrected chi connectivity index (χ3v) is 8.10. The van der Waals surface area contributed by atoms with Gasteiger partial charge in [-0.25, -0.2) is 0 Å². The molecule has 0 spiro atoms. The summed E-state index contributed by atoms with van der Waals surface area (Å²) < 4.78 is 7.39. The van der Waals surface area contributed by atoms with Crippen molar-refractivity contribution in [3.8, 4) is 11.3 Å². The summed E-state index contributed by atoms with van der Waals surface area (Å²) in [6.45, 7) is 7.01. The van der Waals surface area contributed by atoms with Crippen LogP contribution in [-0.4, -0.2) is 47.6 Å². The van der Waals surface area contributed by atoms with Gasteiger partial charge in [-0.1, -0.05) is 86.5 Å². The summed E-state index contributed by atoms with van der Waals surface area (Å²) in [6, 6.07) is 23.6. The van der Waals surface area contributed by atoms with Crippen molar-refractivity contribution in [1.29, 1.82) is 0 Å². The number of para-hydroxylation sites is 1. The molecule has 0 aliphatic carbocycles. The fourth-order valence-corrected chi connectivity index (χ4v) is 5.94. The number of rotatable bonds is 9. The molecule has 3 atom stereocenters. The molecular weight excluding hydrogens is 486 g/mol. The van der Waals surface area contributed by atoms with E-state index in [0.717, 1.165) is 39.7 Å². The number of hydrogen-bond acceptors (Lipinski definition) is 3. The van der Waals surface area contributed by atoms with Crippen LogP contribution in [0.4, 0.5) is 0 Å². The first-order valence-corrected chi connectivity index (χ1v) is 13.7. The van der Waals surface area contributed by atoms with Crippen molar-refractivity contribution in [3.05, 3.63) is 95.1 Å². The van der Waals surface area contributed by atoms with Gasteiger partial charge in [0.25, 0.3) is 5.91 Å². The molecule has 1 aromatic heterocycles. The summed E-state index contributed by atoms with van der Waals surface area (Å²) in [7, 11) is 3.69. The van der Waals surface area contributed by atoms with Crippen LogP contribution in [0, 0.1) is 12.8 Å². The number of carbonyl (C=O) groups excluding carboxylic acids is 2. The second-order valence-corrected chi connectivity index (χ2v) is 10.5. The second-order valence-electron chi connectivity index (χ2n) is 10.5. The maximum absolute atomic E-state index is 14.2. The molecular formula is C33H37N3O3. The first-order chi connectivity index (χ1) is 18.9. The lowest BCUT2D eigenvalue weighted by Crippen LogP contribution is -2.52. The van der Waals surface area contributed by atoms with Gasteiger partial charge in [0.2, 0.25) is 5.91 Å². The molecule has 5 rings (SSSR count). The third kappa shape index (κ3) is 4.63. The van der Waals surface area contributed by atoms with Crippen LogP contribution in [0.3, 0.4) is 0 Å². The topological polar surface area (TPSA) is 63.6 Å². The molecule has 0 fully saturated rings. The summed E-state index contributed by atoms with van der Waals surface area (Å²) in [5.41, 5.74) is 7.05. The van der Waals surface area contributed by atoms with Gasteiger partial charge in [-0.05, 0) is 36.1 Å². The van der Waals surface area contributed by atoms with E-state index < -0.39 is 12.1 Å². The molecule has 2 heterocycles. The van der Waals surface area contributed by atoms with Crippen LogP contribution in [0.25, 0.3) is 22.2 Å². The van der Waals surface area contributed by atoms with Crippen LogP contribution >= 0.6 is 0 Å². The van der Waals surface area contributed by atoms with Gasteiger partial charge in [0.15, 0.2) is 0 Å². The number of methoxy groups -OCH3 is 1. The monoisotopic (exact) mass is 523 g/mol. The van der Waals surface area contributed by atoms with Gasteiger partial charge < -0.3 is 19.5 Å². The molecule has 0 bridgehead atoms. The summed E-state index contributed by atoms with van der Waals surface area (Å²) >= 11 is 0. The Balaban J connectivity index is 1.78. The van der Waals surface area contributed by atoms with Crippen molar-refractivity contribution < 1.29 is 14.3 Å². The van der Waals surface area contributed by atoms with Gasteiger partial charge in [0.05, 0.1) is 18.3 Å². The normalized spacial score (nSPS) is 16.4. The highest BCUT2D eigenvalue weighted by atomic mass is 16.5. The van der Waals surface area contributed by atoms with E-state index in [1.54, 1.807) is 7.11 Å². The van der Waals surface area contributed by atoms with Gasteiger partial charge in [-0.3, -0.25) is 9.59 Å². The Bertz CT molecular complexity index is 1500. The van der Waals surface area contributed by atoms with Crippen LogP contribution in [0.2, 0.25) is 0 Å². The summed E-state index contributed by atoms with van der Waals surface area (Å²) in [5, 5.41) is 4.11. The van der Waals surface area contributed by atoms with Gasteiger partial charge >= 0.3 is 0 Å². The molecule has 39 heavy (non-hydrogen) atoms. The number of ether oxygens (including phenoxy) is 1. The SMILES string of the molecule is CCC(C)C(C(=O)NCCOC)N1C(=O)c2ccccc2C1c1c(-c2ccc(C)cc2)n(C)c2ccccc12. The number of nitrogens with zero attached hydrogens (tertiary/aromatic N) is 2. The molecule has 202 valence electrons. The number of carbonyl (C=O) groups is 2. The Hall–Kier alpha value is -3.90. The summed E-state index contributed by atoms with van der Waals surface area (Å²) in [5.74, 6) is -0.304. The van der Waals surface area contributed by atoms with Crippen molar-refractivity contribution in [2.75, 3.05) is 20.3 Å². The van der Waals surface area contributed by atoms with Crippen molar-refractivity contribution in [3.63, 3.8) is 0 Å². The van der Waals surface area contributed by atoms with Gasteiger partial charge in [0, 0.05) is 42.7 Å². The molecule has 6 nitrogen and oxygen atoms in total. The first-order valence-electron chi connectivity index (χ1n) is 13.7. The lowest BCUT2D eigenvalue weighted by atomic mass is 9.90. The highest BCUT2D eigenvalue weighted by Crippen LogP contribution is 2.48. The molecule has 6 heteroatoms. The van der Waals surface area contributed by atoms with Crippen LogP contribution in [-0.2, 0) is 16.6 Å². The van der Waals surface area contributed by atoms with Crippen molar-refractivity contribution in [2.45, 2.75) is 39.3 Å². The van der Waals surface area contributed by atoms with Crippen LogP contribution < -0.4 is 5.32 Å².